The lowest BCUT2D eigenvalue weighted by molar-refractivity contribution is -0.132. The molecule has 1 fully saturated rings. The summed E-state index contributed by atoms with van der Waals surface area (Å²) in [6, 6.07) is 15.5. The van der Waals surface area contributed by atoms with Gasteiger partial charge in [0.15, 0.2) is 0 Å². The number of ether oxygens (including phenoxy) is 1. The highest BCUT2D eigenvalue weighted by Gasteiger charge is 2.52. The van der Waals surface area contributed by atoms with Gasteiger partial charge in [-0.3, -0.25) is 9.69 Å². The number of amides is 3. The lowest BCUT2D eigenvalue weighted by Gasteiger charge is -2.32. The molecule has 26 heavy (non-hydrogen) atoms. The standard InChI is InChI=1S/C21H22N2O3/c1-15-6-2-5-9-18(15)26-13-12-23-19(24)21(22-20(23)25)11-10-16-7-3-4-8-17(16)14-21/h2-9H,10-14H2,1H3,(H,22,25). The Morgan fingerprint density at radius 3 is 2.62 bits per heavy atom. The second kappa shape index (κ2) is 6.48. The van der Waals surface area contributed by atoms with Crippen molar-refractivity contribution < 1.29 is 14.3 Å². The van der Waals surface area contributed by atoms with Crippen molar-refractivity contribution in [3.8, 4) is 5.75 Å². The molecule has 1 N–H and O–H groups in total. The molecule has 1 unspecified atom stereocenters. The summed E-state index contributed by atoms with van der Waals surface area (Å²) >= 11 is 0. The number of carbonyl (C=O) groups excluding carboxylic acids is 2. The Morgan fingerprint density at radius 2 is 1.81 bits per heavy atom. The van der Waals surface area contributed by atoms with Crippen LogP contribution in [0.15, 0.2) is 48.5 Å². The Bertz CT molecular complexity index is 864. The van der Waals surface area contributed by atoms with Crippen LogP contribution in [0.3, 0.4) is 0 Å². The first-order valence-electron chi connectivity index (χ1n) is 8.98. The van der Waals surface area contributed by atoms with E-state index in [-0.39, 0.29) is 25.1 Å². The smallest absolute Gasteiger partial charge is 0.325 e. The lowest BCUT2D eigenvalue weighted by Crippen LogP contribution is -2.51. The maximum absolute atomic E-state index is 13.0. The first-order valence-corrected chi connectivity index (χ1v) is 8.98. The van der Waals surface area contributed by atoms with E-state index in [2.05, 4.69) is 11.4 Å². The first-order chi connectivity index (χ1) is 12.6. The van der Waals surface area contributed by atoms with Crippen LogP contribution in [0.5, 0.6) is 5.75 Å². The van der Waals surface area contributed by atoms with Crippen LogP contribution in [0.1, 0.15) is 23.1 Å². The number of aryl methyl sites for hydroxylation is 2. The van der Waals surface area contributed by atoms with Crippen molar-refractivity contribution in [1.82, 2.24) is 10.2 Å². The predicted octanol–water partition coefficient (Wildman–Crippen LogP) is 2.85. The number of nitrogens with zero attached hydrogens (tertiary/aromatic N) is 1. The molecule has 2 aromatic rings. The third kappa shape index (κ3) is 2.83. The van der Waals surface area contributed by atoms with Crippen LogP contribution in [0.2, 0.25) is 0 Å². The summed E-state index contributed by atoms with van der Waals surface area (Å²) in [4.78, 5) is 26.7. The molecular formula is C21H22N2O3. The highest BCUT2D eigenvalue weighted by atomic mass is 16.5. The lowest BCUT2D eigenvalue weighted by atomic mass is 9.78. The average molecular weight is 350 g/mol. The van der Waals surface area contributed by atoms with E-state index in [1.165, 1.54) is 10.5 Å². The number of para-hydroxylation sites is 1. The van der Waals surface area contributed by atoms with Gasteiger partial charge in [-0.25, -0.2) is 4.79 Å². The molecule has 5 heteroatoms. The highest BCUT2D eigenvalue weighted by Crippen LogP contribution is 2.33. The summed E-state index contributed by atoms with van der Waals surface area (Å²) in [5, 5.41) is 2.95. The van der Waals surface area contributed by atoms with Gasteiger partial charge >= 0.3 is 6.03 Å². The topological polar surface area (TPSA) is 58.6 Å². The molecule has 1 atom stereocenters. The molecule has 1 aliphatic heterocycles. The van der Waals surface area contributed by atoms with Gasteiger partial charge < -0.3 is 10.1 Å². The summed E-state index contributed by atoms with van der Waals surface area (Å²) in [5.74, 6) is 0.645. The molecule has 0 radical (unpaired) electrons. The van der Waals surface area contributed by atoms with Gasteiger partial charge in [0.1, 0.15) is 17.9 Å². The molecule has 0 bridgehead atoms. The highest BCUT2D eigenvalue weighted by molar-refractivity contribution is 6.07. The zero-order chi connectivity index (χ0) is 18.1. The summed E-state index contributed by atoms with van der Waals surface area (Å²) < 4.78 is 5.75. The second-order valence-corrected chi connectivity index (χ2v) is 7.03. The van der Waals surface area contributed by atoms with E-state index >= 15 is 0 Å². The number of urea groups is 1. The number of hydrogen-bond acceptors (Lipinski definition) is 3. The fourth-order valence-electron chi connectivity index (χ4n) is 3.87. The molecule has 1 heterocycles. The van der Waals surface area contributed by atoms with Crippen molar-refractivity contribution in [2.24, 2.45) is 0 Å². The number of imide groups is 1. The number of benzene rings is 2. The summed E-state index contributed by atoms with van der Waals surface area (Å²) in [7, 11) is 0. The van der Waals surface area contributed by atoms with Crippen molar-refractivity contribution in [3.63, 3.8) is 0 Å². The van der Waals surface area contributed by atoms with Gasteiger partial charge in [-0.05, 0) is 42.5 Å². The van der Waals surface area contributed by atoms with E-state index in [1.807, 2.05) is 49.4 Å². The summed E-state index contributed by atoms with van der Waals surface area (Å²) in [6.45, 7) is 2.51. The number of nitrogens with one attached hydrogen (secondary N) is 1. The van der Waals surface area contributed by atoms with Crippen molar-refractivity contribution in [2.75, 3.05) is 13.2 Å². The van der Waals surface area contributed by atoms with Crippen LogP contribution >= 0.6 is 0 Å². The van der Waals surface area contributed by atoms with Gasteiger partial charge in [-0.1, -0.05) is 42.5 Å². The van der Waals surface area contributed by atoms with Crippen molar-refractivity contribution in [3.05, 3.63) is 65.2 Å². The minimum absolute atomic E-state index is 0.134. The van der Waals surface area contributed by atoms with E-state index in [9.17, 15) is 9.59 Å². The molecule has 5 nitrogen and oxygen atoms in total. The van der Waals surface area contributed by atoms with Crippen molar-refractivity contribution >= 4 is 11.9 Å². The first kappa shape index (κ1) is 16.6. The molecule has 0 saturated carbocycles. The van der Waals surface area contributed by atoms with Crippen LogP contribution < -0.4 is 10.1 Å². The number of rotatable bonds is 4. The SMILES string of the molecule is Cc1ccccc1OCCN1C(=O)NC2(CCc3ccccc3C2)C1=O. The average Bonchev–Trinajstić information content (AvgIpc) is 2.87. The number of carbonyl (C=O) groups is 2. The van der Waals surface area contributed by atoms with Crippen LogP contribution in [-0.4, -0.2) is 35.5 Å². The van der Waals surface area contributed by atoms with Crippen LogP contribution in [0.4, 0.5) is 4.79 Å². The van der Waals surface area contributed by atoms with Gasteiger partial charge in [0.25, 0.3) is 5.91 Å². The van der Waals surface area contributed by atoms with Crippen LogP contribution in [0, 0.1) is 6.92 Å². The van der Waals surface area contributed by atoms with Crippen molar-refractivity contribution in [2.45, 2.75) is 31.7 Å². The molecule has 1 aliphatic carbocycles. The summed E-state index contributed by atoms with van der Waals surface area (Å²) in [5.41, 5.74) is 2.64. The molecule has 3 amide bonds. The number of hydrogen-bond donors (Lipinski definition) is 1. The van der Waals surface area contributed by atoms with Crippen LogP contribution in [-0.2, 0) is 17.6 Å². The molecule has 1 spiro atoms. The van der Waals surface area contributed by atoms with E-state index in [0.29, 0.717) is 12.8 Å². The monoisotopic (exact) mass is 350 g/mol. The Balaban J connectivity index is 1.44. The Kier molecular flexibility index (Phi) is 4.15. The van der Waals surface area contributed by atoms with Gasteiger partial charge in [-0.2, -0.15) is 0 Å². The molecular weight excluding hydrogens is 328 g/mol. The Morgan fingerprint density at radius 1 is 1.08 bits per heavy atom. The van der Waals surface area contributed by atoms with Crippen molar-refractivity contribution in [1.29, 1.82) is 0 Å². The third-order valence-electron chi connectivity index (χ3n) is 5.34. The second-order valence-electron chi connectivity index (χ2n) is 7.03. The van der Waals surface area contributed by atoms with E-state index in [4.69, 9.17) is 4.74 Å². The van der Waals surface area contributed by atoms with Gasteiger partial charge in [0.05, 0.1) is 6.54 Å². The summed E-state index contributed by atoms with van der Waals surface area (Å²) in [6.07, 6.45) is 2.00. The fourth-order valence-corrected chi connectivity index (χ4v) is 3.87. The zero-order valence-corrected chi connectivity index (χ0v) is 14.8. The zero-order valence-electron chi connectivity index (χ0n) is 14.8. The maximum Gasteiger partial charge on any atom is 0.325 e. The fraction of sp³-hybridized carbons (Fsp3) is 0.333. The Hall–Kier alpha value is -2.82. The minimum atomic E-state index is -0.798. The van der Waals surface area contributed by atoms with Gasteiger partial charge in [-0.15, -0.1) is 0 Å². The van der Waals surface area contributed by atoms with Crippen LogP contribution in [0.25, 0.3) is 0 Å². The predicted molar refractivity (Wildman–Crippen MR) is 98.1 cm³/mol. The molecule has 2 aromatic carbocycles. The third-order valence-corrected chi connectivity index (χ3v) is 5.34. The van der Waals surface area contributed by atoms with Gasteiger partial charge in [0, 0.05) is 6.42 Å². The largest absolute Gasteiger partial charge is 0.491 e. The molecule has 2 aliphatic rings. The normalized spacial score (nSPS) is 21.7. The van der Waals surface area contributed by atoms with E-state index < -0.39 is 5.54 Å². The molecule has 1 saturated heterocycles. The van der Waals surface area contributed by atoms with E-state index in [0.717, 1.165) is 23.3 Å². The minimum Gasteiger partial charge on any atom is -0.491 e. The Labute approximate surface area is 153 Å². The van der Waals surface area contributed by atoms with Gasteiger partial charge in [0.2, 0.25) is 0 Å². The van der Waals surface area contributed by atoms with E-state index in [1.54, 1.807) is 0 Å². The quantitative estimate of drug-likeness (QED) is 0.863. The molecule has 0 aromatic heterocycles. The molecule has 4 rings (SSSR count). The maximum atomic E-state index is 13.0. The number of fused-ring (bicyclic) bond motifs is 1. The molecule has 134 valence electrons.